The lowest BCUT2D eigenvalue weighted by Crippen LogP contribution is -2.60. The van der Waals surface area contributed by atoms with Crippen molar-refractivity contribution in [2.75, 3.05) is 0 Å². The van der Waals surface area contributed by atoms with E-state index in [9.17, 15) is 5.21 Å². The van der Waals surface area contributed by atoms with Crippen LogP contribution in [0.1, 0.15) is 60.8 Å². The maximum atomic E-state index is 10.2. The fourth-order valence-electron chi connectivity index (χ4n) is 2.70. The zero-order valence-corrected chi connectivity index (χ0v) is 11.6. The van der Waals surface area contributed by atoms with Crippen LogP contribution in [0, 0.1) is 0 Å². The molecule has 1 aliphatic rings. The molecule has 1 saturated heterocycles. The van der Waals surface area contributed by atoms with Crippen molar-refractivity contribution in [3.05, 3.63) is 0 Å². The van der Waals surface area contributed by atoms with Gasteiger partial charge in [0, 0.05) is 11.1 Å². The first-order valence-corrected chi connectivity index (χ1v) is 6.33. The van der Waals surface area contributed by atoms with Gasteiger partial charge in [0.2, 0.25) is 0 Å². The molecule has 0 aromatic carbocycles. The summed E-state index contributed by atoms with van der Waals surface area (Å²) in [4.78, 5) is 0. The minimum atomic E-state index is -0.208. The summed E-state index contributed by atoms with van der Waals surface area (Å²) in [6, 6.07) is 0. The lowest BCUT2D eigenvalue weighted by Gasteiger charge is -2.51. The normalized spacial score (nSPS) is 27.9. The summed E-state index contributed by atoms with van der Waals surface area (Å²) in [5, 5.41) is 11.6. The van der Waals surface area contributed by atoms with Crippen molar-refractivity contribution in [3.8, 4) is 0 Å². The molecule has 0 aromatic heterocycles. The Morgan fingerprint density at radius 3 is 2.06 bits per heavy atom. The SMILES string of the molecule is CCC(C)OC1CC(C)(C)N(O)C(C)(C)C1. The Balaban J connectivity index is 2.71. The Hall–Kier alpha value is -0.120. The van der Waals surface area contributed by atoms with Crippen molar-refractivity contribution in [1.29, 1.82) is 0 Å². The molecule has 0 radical (unpaired) electrons. The van der Waals surface area contributed by atoms with Crippen LogP contribution in [0.5, 0.6) is 0 Å². The van der Waals surface area contributed by atoms with Crippen molar-refractivity contribution < 1.29 is 9.94 Å². The Bertz CT molecular complexity index is 220. The van der Waals surface area contributed by atoms with Gasteiger partial charge in [-0.3, -0.25) is 0 Å². The van der Waals surface area contributed by atoms with Crippen LogP contribution in [0.3, 0.4) is 0 Å². The summed E-state index contributed by atoms with van der Waals surface area (Å²) in [6.07, 6.45) is 3.37. The molecular weight excluding hydrogens is 202 g/mol. The summed E-state index contributed by atoms with van der Waals surface area (Å²) >= 11 is 0. The van der Waals surface area contributed by atoms with Crippen molar-refractivity contribution in [2.45, 2.75) is 84.1 Å². The number of nitrogens with zero attached hydrogens (tertiary/aromatic N) is 1. The van der Waals surface area contributed by atoms with Crippen LogP contribution in [0.4, 0.5) is 0 Å². The molecule has 0 spiro atoms. The molecule has 3 heteroatoms. The van der Waals surface area contributed by atoms with Gasteiger partial charge in [0.05, 0.1) is 12.2 Å². The molecule has 0 saturated carbocycles. The van der Waals surface area contributed by atoms with Gasteiger partial charge in [-0.2, -0.15) is 5.06 Å². The molecule has 0 bridgehead atoms. The largest absolute Gasteiger partial charge is 0.375 e. The van der Waals surface area contributed by atoms with Crippen LogP contribution in [-0.2, 0) is 4.74 Å². The molecule has 0 aromatic rings. The summed E-state index contributed by atoms with van der Waals surface area (Å²) in [6.45, 7) is 12.5. The standard InChI is InChI=1S/C13H27NO2/c1-7-10(2)16-11-8-12(3,4)14(15)13(5,6)9-11/h10-11,15H,7-9H2,1-6H3. The van der Waals surface area contributed by atoms with Gasteiger partial charge in [-0.1, -0.05) is 6.92 Å². The molecule has 1 aliphatic heterocycles. The molecule has 1 heterocycles. The predicted molar refractivity (Wildman–Crippen MR) is 65.6 cm³/mol. The smallest absolute Gasteiger partial charge is 0.0615 e. The second-order valence-corrected chi connectivity index (χ2v) is 6.32. The summed E-state index contributed by atoms with van der Waals surface area (Å²) in [5.41, 5.74) is -0.417. The number of hydrogen-bond acceptors (Lipinski definition) is 3. The van der Waals surface area contributed by atoms with Gasteiger partial charge in [0.1, 0.15) is 0 Å². The fourth-order valence-corrected chi connectivity index (χ4v) is 2.70. The maximum Gasteiger partial charge on any atom is 0.0615 e. The Kier molecular flexibility index (Phi) is 4.04. The molecule has 0 aliphatic carbocycles. The number of hydrogen-bond donors (Lipinski definition) is 1. The van der Waals surface area contributed by atoms with E-state index in [1.54, 1.807) is 0 Å². The average molecular weight is 229 g/mol. The minimum absolute atomic E-state index is 0.208. The van der Waals surface area contributed by atoms with Crippen LogP contribution in [0.15, 0.2) is 0 Å². The Labute approximate surface area is 99.7 Å². The van der Waals surface area contributed by atoms with Gasteiger partial charge in [0.25, 0.3) is 0 Å². The lowest BCUT2D eigenvalue weighted by molar-refractivity contribution is -0.264. The lowest BCUT2D eigenvalue weighted by atomic mass is 9.80. The molecule has 0 amide bonds. The summed E-state index contributed by atoms with van der Waals surface area (Å²) in [7, 11) is 0. The first-order valence-electron chi connectivity index (χ1n) is 6.33. The second-order valence-electron chi connectivity index (χ2n) is 6.32. The third-order valence-corrected chi connectivity index (χ3v) is 3.60. The van der Waals surface area contributed by atoms with E-state index in [1.165, 1.54) is 5.06 Å². The monoisotopic (exact) mass is 229 g/mol. The third kappa shape index (κ3) is 2.96. The second kappa shape index (κ2) is 4.63. The summed E-state index contributed by atoms with van der Waals surface area (Å²) < 4.78 is 6.02. The first kappa shape index (κ1) is 13.9. The Morgan fingerprint density at radius 1 is 1.25 bits per heavy atom. The van der Waals surface area contributed by atoms with Crippen LogP contribution in [0.25, 0.3) is 0 Å². The molecular formula is C13H27NO2. The van der Waals surface area contributed by atoms with Crippen LogP contribution >= 0.6 is 0 Å². The predicted octanol–water partition coefficient (Wildman–Crippen LogP) is 3.21. The van der Waals surface area contributed by atoms with Crippen LogP contribution in [0.2, 0.25) is 0 Å². The van der Waals surface area contributed by atoms with E-state index >= 15 is 0 Å². The van der Waals surface area contributed by atoms with Gasteiger partial charge >= 0.3 is 0 Å². The van der Waals surface area contributed by atoms with Crippen molar-refractivity contribution in [2.24, 2.45) is 0 Å². The molecule has 1 atom stereocenters. The fraction of sp³-hybridized carbons (Fsp3) is 1.00. The van der Waals surface area contributed by atoms with E-state index < -0.39 is 0 Å². The van der Waals surface area contributed by atoms with E-state index in [4.69, 9.17) is 4.74 Å². The van der Waals surface area contributed by atoms with E-state index in [0.717, 1.165) is 19.3 Å². The van der Waals surface area contributed by atoms with Crippen molar-refractivity contribution in [1.82, 2.24) is 5.06 Å². The first-order chi connectivity index (χ1) is 7.19. The minimum Gasteiger partial charge on any atom is -0.375 e. The highest BCUT2D eigenvalue weighted by Gasteiger charge is 2.45. The van der Waals surface area contributed by atoms with E-state index in [0.29, 0.717) is 6.10 Å². The molecule has 1 unspecified atom stereocenters. The highest BCUT2D eigenvalue weighted by molar-refractivity contribution is 4.96. The number of hydroxylamine groups is 2. The van der Waals surface area contributed by atoms with E-state index in [-0.39, 0.29) is 17.2 Å². The number of ether oxygens (including phenoxy) is 1. The average Bonchev–Trinajstić information content (AvgIpc) is 2.13. The van der Waals surface area contributed by atoms with E-state index in [2.05, 4.69) is 41.5 Å². The molecule has 1 N–H and O–H groups in total. The van der Waals surface area contributed by atoms with E-state index in [1.807, 2.05) is 0 Å². The number of piperidine rings is 1. The maximum absolute atomic E-state index is 10.2. The molecule has 3 nitrogen and oxygen atoms in total. The van der Waals surface area contributed by atoms with Crippen LogP contribution < -0.4 is 0 Å². The zero-order chi connectivity index (χ0) is 12.6. The zero-order valence-electron chi connectivity index (χ0n) is 11.6. The molecule has 16 heavy (non-hydrogen) atoms. The highest BCUT2D eigenvalue weighted by Crippen LogP contribution is 2.38. The van der Waals surface area contributed by atoms with Gasteiger partial charge in [-0.25, -0.2) is 0 Å². The topological polar surface area (TPSA) is 32.7 Å². The van der Waals surface area contributed by atoms with Gasteiger partial charge < -0.3 is 9.94 Å². The van der Waals surface area contributed by atoms with Crippen molar-refractivity contribution >= 4 is 0 Å². The quantitative estimate of drug-likeness (QED) is 0.806. The molecule has 96 valence electrons. The molecule has 1 rings (SSSR count). The highest BCUT2D eigenvalue weighted by atomic mass is 16.5. The molecule has 1 fully saturated rings. The third-order valence-electron chi connectivity index (χ3n) is 3.60. The van der Waals surface area contributed by atoms with Gasteiger partial charge in [0.15, 0.2) is 0 Å². The number of rotatable bonds is 3. The van der Waals surface area contributed by atoms with Crippen LogP contribution in [-0.4, -0.2) is 33.6 Å². The van der Waals surface area contributed by atoms with Gasteiger partial charge in [-0.15, -0.1) is 0 Å². The van der Waals surface area contributed by atoms with Crippen molar-refractivity contribution in [3.63, 3.8) is 0 Å². The Morgan fingerprint density at radius 2 is 1.69 bits per heavy atom. The summed E-state index contributed by atoms with van der Waals surface area (Å²) in [5.74, 6) is 0. The van der Waals surface area contributed by atoms with Gasteiger partial charge in [-0.05, 0) is 53.9 Å².